The summed E-state index contributed by atoms with van der Waals surface area (Å²) in [5.74, 6) is 0. The maximum Gasteiger partial charge on any atom is 0.0479 e. The molecule has 0 amide bonds. The molecule has 104 valence electrons. The van der Waals surface area contributed by atoms with Gasteiger partial charge in [-0.2, -0.15) is 0 Å². The molecule has 1 aliphatic rings. The summed E-state index contributed by atoms with van der Waals surface area (Å²) in [4.78, 5) is 6.70. The van der Waals surface area contributed by atoms with E-state index >= 15 is 0 Å². The third-order valence-electron chi connectivity index (χ3n) is 4.16. The molecule has 2 aromatic rings. The maximum atomic E-state index is 4.12. The summed E-state index contributed by atoms with van der Waals surface area (Å²) in [5, 5.41) is 3.52. The molecule has 3 heteroatoms. The average molecular weight is 267 g/mol. The van der Waals surface area contributed by atoms with Crippen molar-refractivity contribution >= 4 is 0 Å². The van der Waals surface area contributed by atoms with Crippen molar-refractivity contribution in [3.8, 4) is 0 Å². The number of piperazine rings is 1. The zero-order chi connectivity index (χ0) is 13.8. The van der Waals surface area contributed by atoms with Crippen molar-refractivity contribution in [2.75, 3.05) is 19.6 Å². The van der Waals surface area contributed by atoms with Gasteiger partial charge in [-0.25, -0.2) is 0 Å². The normalized spacial score (nSPS) is 21.6. The van der Waals surface area contributed by atoms with Gasteiger partial charge in [0.1, 0.15) is 0 Å². The Labute approximate surface area is 120 Å². The predicted molar refractivity (Wildman–Crippen MR) is 81.4 cm³/mol. The molecule has 3 nitrogen and oxygen atoms in total. The smallest absolute Gasteiger partial charge is 0.0479 e. The number of rotatable bonds is 3. The van der Waals surface area contributed by atoms with Crippen LogP contribution in [0.3, 0.4) is 0 Å². The molecule has 0 aliphatic carbocycles. The van der Waals surface area contributed by atoms with Crippen LogP contribution in [0.15, 0.2) is 54.9 Å². The van der Waals surface area contributed by atoms with E-state index < -0.39 is 0 Å². The summed E-state index contributed by atoms with van der Waals surface area (Å²) in [6.07, 6.45) is 3.76. The Bertz CT molecular complexity index is 526. The molecule has 0 radical (unpaired) electrons. The minimum absolute atomic E-state index is 0.408. The van der Waals surface area contributed by atoms with Crippen LogP contribution >= 0.6 is 0 Å². The van der Waals surface area contributed by atoms with E-state index in [2.05, 4.69) is 64.6 Å². The molecule has 1 fully saturated rings. The lowest BCUT2D eigenvalue weighted by molar-refractivity contribution is 0.115. The van der Waals surface area contributed by atoms with Gasteiger partial charge in [0.15, 0.2) is 0 Å². The van der Waals surface area contributed by atoms with E-state index in [-0.39, 0.29) is 0 Å². The molecule has 1 N–H and O–H groups in total. The molecule has 0 saturated carbocycles. The molecular formula is C17H21N3. The second-order valence-electron chi connectivity index (χ2n) is 5.32. The van der Waals surface area contributed by atoms with Gasteiger partial charge in [-0.15, -0.1) is 0 Å². The Balaban J connectivity index is 1.86. The van der Waals surface area contributed by atoms with Crippen LogP contribution in [0.1, 0.15) is 30.1 Å². The molecule has 2 unspecified atom stereocenters. The molecule has 20 heavy (non-hydrogen) atoms. The first-order valence-corrected chi connectivity index (χ1v) is 7.27. The summed E-state index contributed by atoms with van der Waals surface area (Å²) in [7, 11) is 0. The second kappa shape index (κ2) is 6.16. The molecule has 2 atom stereocenters. The predicted octanol–water partition coefficient (Wildman–Crippen LogP) is 2.79. The van der Waals surface area contributed by atoms with E-state index in [1.807, 2.05) is 12.4 Å². The van der Waals surface area contributed by atoms with E-state index in [0.717, 1.165) is 19.6 Å². The third kappa shape index (κ3) is 2.74. The number of aromatic nitrogens is 1. The van der Waals surface area contributed by atoms with E-state index in [1.54, 1.807) is 0 Å². The van der Waals surface area contributed by atoms with Gasteiger partial charge in [-0.1, -0.05) is 30.3 Å². The number of hydrogen-bond acceptors (Lipinski definition) is 3. The van der Waals surface area contributed by atoms with Crippen LogP contribution in [0.4, 0.5) is 0 Å². The van der Waals surface area contributed by atoms with Crippen molar-refractivity contribution in [3.05, 3.63) is 66.0 Å². The molecule has 1 aliphatic heterocycles. The highest BCUT2D eigenvalue weighted by atomic mass is 15.2. The fourth-order valence-electron chi connectivity index (χ4n) is 3.00. The zero-order valence-corrected chi connectivity index (χ0v) is 11.9. The second-order valence-corrected chi connectivity index (χ2v) is 5.32. The quantitative estimate of drug-likeness (QED) is 0.927. The largest absolute Gasteiger partial charge is 0.314 e. The molecule has 0 bridgehead atoms. The molecule has 1 aromatic carbocycles. The Hall–Kier alpha value is -1.71. The first-order chi connectivity index (χ1) is 9.86. The number of nitrogens with one attached hydrogen (secondary N) is 1. The van der Waals surface area contributed by atoms with Crippen LogP contribution in [0.2, 0.25) is 0 Å². The van der Waals surface area contributed by atoms with Gasteiger partial charge in [-0.05, 0) is 30.2 Å². The third-order valence-corrected chi connectivity index (χ3v) is 4.16. The van der Waals surface area contributed by atoms with Crippen molar-refractivity contribution in [1.29, 1.82) is 0 Å². The minimum Gasteiger partial charge on any atom is -0.314 e. The van der Waals surface area contributed by atoms with Crippen molar-refractivity contribution in [2.45, 2.75) is 19.0 Å². The van der Waals surface area contributed by atoms with Crippen LogP contribution in [0.5, 0.6) is 0 Å². The van der Waals surface area contributed by atoms with E-state index in [0.29, 0.717) is 12.1 Å². The van der Waals surface area contributed by atoms with Gasteiger partial charge in [0.25, 0.3) is 0 Å². The van der Waals surface area contributed by atoms with Crippen molar-refractivity contribution < 1.29 is 0 Å². The zero-order valence-electron chi connectivity index (χ0n) is 11.9. The first-order valence-electron chi connectivity index (χ1n) is 7.27. The summed E-state index contributed by atoms with van der Waals surface area (Å²) in [6, 6.07) is 15.9. The van der Waals surface area contributed by atoms with E-state index in [4.69, 9.17) is 0 Å². The van der Waals surface area contributed by atoms with Gasteiger partial charge in [-0.3, -0.25) is 9.88 Å². The molecule has 2 heterocycles. The van der Waals surface area contributed by atoms with Gasteiger partial charge < -0.3 is 5.32 Å². The summed E-state index contributed by atoms with van der Waals surface area (Å²) in [5.41, 5.74) is 2.73. The van der Waals surface area contributed by atoms with E-state index in [9.17, 15) is 0 Å². The van der Waals surface area contributed by atoms with Crippen LogP contribution in [0.25, 0.3) is 0 Å². The molecule has 1 aromatic heterocycles. The lowest BCUT2D eigenvalue weighted by atomic mass is 9.99. The van der Waals surface area contributed by atoms with Crippen LogP contribution < -0.4 is 5.32 Å². The van der Waals surface area contributed by atoms with Gasteiger partial charge in [0.2, 0.25) is 0 Å². The number of pyridine rings is 1. The number of nitrogens with zero attached hydrogens (tertiary/aromatic N) is 2. The van der Waals surface area contributed by atoms with Gasteiger partial charge >= 0.3 is 0 Å². The highest BCUT2D eigenvalue weighted by Gasteiger charge is 2.28. The number of hydrogen-bond donors (Lipinski definition) is 1. The molecule has 1 saturated heterocycles. The standard InChI is InChI=1S/C17H21N3/c1-14(15-7-9-18-10-8-15)20-12-11-19-13-17(20)16-5-3-2-4-6-16/h2-10,14,17,19H,11-13H2,1H3. The van der Waals surface area contributed by atoms with Gasteiger partial charge in [0, 0.05) is 44.1 Å². The molecule has 3 rings (SSSR count). The average Bonchev–Trinajstić information content (AvgIpc) is 2.56. The fraction of sp³-hybridized carbons (Fsp3) is 0.353. The lowest BCUT2D eigenvalue weighted by Gasteiger charge is -2.40. The molecule has 0 spiro atoms. The van der Waals surface area contributed by atoms with Crippen molar-refractivity contribution in [2.24, 2.45) is 0 Å². The van der Waals surface area contributed by atoms with Crippen LogP contribution in [-0.4, -0.2) is 29.5 Å². The first kappa shape index (κ1) is 13.3. The Morgan fingerprint density at radius 1 is 1.15 bits per heavy atom. The highest BCUT2D eigenvalue weighted by Crippen LogP contribution is 2.30. The summed E-state index contributed by atoms with van der Waals surface area (Å²) in [6.45, 7) is 5.43. The monoisotopic (exact) mass is 267 g/mol. The fourth-order valence-corrected chi connectivity index (χ4v) is 3.00. The maximum absolute atomic E-state index is 4.12. The Morgan fingerprint density at radius 2 is 1.90 bits per heavy atom. The summed E-state index contributed by atoms with van der Waals surface area (Å²) >= 11 is 0. The summed E-state index contributed by atoms with van der Waals surface area (Å²) < 4.78 is 0. The topological polar surface area (TPSA) is 28.2 Å². The van der Waals surface area contributed by atoms with E-state index in [1.165, 1.54) is 11.1 Å². The van der Waals surface area contributed by atoms with Crippen LogP contribution in [0, 0.1) is 0 Å². The Kier molecular flexibility index (Phi) is 4.09. The Morgan fingerprint density at radius 3 is 2.65 bits per heavy atom. The minimum atomic E-state index is 0.408. The SMILES string of the molecule is CC(c1ccncc1)N1CCNCC1c1ccccc1. The number of benzene rings is 1. The van der Waals surface area contributed by atoms with Crippen LogP contribution in [-0.2, 0) is 0 Å². The van der Waals surface area contributed by atoms with Crippen molar-refractivity contribution in [1.82, 2.24) is 15.2 Å². The highest BCUT2D eigenvalue weighted by molar-refractivity contribution is 5.22. The van der Waals surface area contributed by atoms with Crippen molar-refractivity contribution in [3.63, 3.8) is 0 Å². The van der Waals surface area contributed by atoms with Gasteiger partial charge in [0.05, 0.1) is 0 Å². The lowest BCUT2D eigenvalue weighted by Crippen LogP contribution is -2.46. The molecular weight excluding hydrogens is 246 g/mol.